The summed E-state index contributed by atoms with van der Waals surface area (Å²) in [5.41, 5.74) is 13.6. The van der Waals surface area contributed by atoms with Crippen molar-refractivity contribution in [2.45, 2.75) is 12.5 Å². The summed E-state index contributed by atoms with van der Waals surface area (Å²) in [6.07, 6.45) is 4.19. The van der Waals surface area contributed by atoms with Crippen LogP contribution in [0.5, 0.6) is 0 Å². The number of nitrogens with zero attached hydrogens (tertiary/aromatic N) is 3. The minimum atomic E-state index is -0.665. The Bertz CT molecular complexity index is 822. The van der Waals surface area contributed by atoms with Gasteiger partial charge in [-0.3, -0.25) is 4.79 Å². The largest absolute Gasteiger partial charge is 0.368 e. The van der Waals surface area contributed by atoms with Crippen molar-refractivity contribution in [2.75, 3.05) is 0 Å². The molecule has 1 amide bonds. The van der Waals surface area contributed by atoms with E-state index in [1.54, 1.807) is 0 Å². The molecule has 2 aromatic heterocycles. The lowest BCUT2D eigenvalue weighted by atomic mass is 10.0. The first-order valence-corrected chi connectivity index (χ1v) is 6.97. The number of primary amides is 1. The van der Waals surface area contributed by atoms with Crippen molar-refractivity contribution >= 4 is 16.9 Å². The average molecular weight is 295 g/mol. The molecule has 6 nitrogen and oxygen atoms in total. The van der Waals surface area contributed by atoms with Gasteiger partial charge < -0.3 is 16.0 Å². The fourth-order valence-electron chi connectivity index (χ4n) is 2.33. The highest BCUT2D eigenvalue weighted by molar-refractivity contribution is 5.80. The zero-order valence-electron chi connectivity index (χ0n) is 12.2. The molecule has 0 spiro atoms. The number of hydrogen-bond acceptors (Lipinski definition) is 4. The Morgan fingerprint density at radius 1 is 1.27 bits per heavy atom. The molecule has 1 aromatic carbocycles. The van der Waals surface area contributed by atoms with Crippen LogP contribution in [-0.4, -0.2) is 26.5 Å². The number of aryl methyl sites for hydroxylation is 1. The third kappa shape index (κ3) is 2.68. The van der Waals surface area contributed by atoms with Crippen LogP contribution in [0.15, 0.2) is 42.7 Å². The van der Waals surface area contributed by atoms with Gasteiger partial charge in [-0.05, 0) is 18.1 Å². The van der Waals surface area contributed by atoms with Crippen LogP contribution >= 0.6 is 0 Å². The first-order valence-electron chi connectivity index (χ1n) is 6.97. The highest BCUT2D eigenvalue weighted by Gasteiger charge is 2.10. The standard InChI is InChI=1S/C16H17N5O/c1-21-7-6-12-9-19-15(20-16(12)21)11-4-2-10(3-5-11)8-13(17)14(18)22/h2-7,9,13H,8,17H2,1H3,(H2,18,22)/t13-/m0/s1. The fraction of sp³-hybridized carbons (Fsp3) is 0.188. The van der Waals surface area contributed by atoms with Gasteiger partial charge in [0.1, 0.15) is 5.65 Å². The van der Waals surface area contributed by atoms with Gasteiger partial charge in [-0.1, -0.05) is 24.3 Å². The van der Waals surface area contributed by atoms with E-state index in [1.165, 1.54) is 0 Å². The Labute approximate surface area is 127 Å². The molecule has 4 N–H and O–H groups in total. The Morgan fingerprint density at radius 2 is 2.00 bits per heavy atom. The highest BCUT2D eigenvalue weighted by Crippen LogP contribution is 2.19. The number of hydrogen-bond donors (Lipinski definition) is 2. The van der Waals surface area contributed by atoms with E-state index in [4.69, 9.17) is 11.5 Å². The van der Waals surface area contributed by atoms with Crippen LogP contribution < -0.4 is 11.5 Å². The molecule has 0 radical (unpaired) electrons. The van der Waals surface area contributed by atoms with E-state index < -0.39 is 11.9 Å². The van der Waals surface area contributed by atoms with Crippen LogP contribution in [0.2, 0.25) is 0 Å². The summed E-state index contributed by atoms with van der Waals surface area (Å²) in [4.78, 5) is 20.0. The normalized spacial score (nSPS) is 12.5. The second-order valence-corrected chi connectivity index (χ2v) is 5.31. The zero-order chi connectivity index (χ0) is 15.7. The van der Waals surface area contributed by atoms with Crippen molar-refractivity contribution in [2.24, 2.45) is 18.5 Å². The first kappa shape index (κ1) is 14.2. The molecule has 112 valence electrons. The molecule has 0 saturated carbocycles. The molecule has 22 heavy (non-hydrogen) atoms. The Kier molecular flexibility index (Phi) is 3.60. The van der Waals surface area contributed by atoms with Crippen molar-refractivity contribution < 1.29 is 4.79 Å². The van der Waals surface area contributed by atoms with E-state index in [9.17, 15) is 4.79 Å². The van der Waals surface area contributed by atoms with E-state index in [0.717, 1.165) is 22.2 Å². The number of amides is 1. The maximum atomic E-state index is 11.0. The molecule has 1 atom stereocenters. The van der Waals surface area contributed by atoms with Gasteiger partial charge in [0, 0.05) is 30.4 Å². The van der Waals surface area contributed by atoms with Gasteiger partial charge in [0.2, 0.25) is 5.91 Å². The minimum Gasteiger partial charge on any atom is -0.368 e. The molecule has 6 heteroatoms. The van der Waals surface area contributed by atoms with Gasteiger partial charge in [-0.25, -0.2) is 9.97 Å². The highest BCUT2D eigenvalue weighted by atomic mass is 16.1. The molecule has 3 rings (SSSR count). The summed E-state index contributed by atoms with van der Waals surface area (Å²) in [5, 5.41) is 1.01. The number of carbonyl (C=O) groups excluding carboxylic acids is 1. The molecule has 3 aromatic rings. The van der Waals surface area contributed by atoms with Crippen molar-refractivity contribution in [3.05, 3.63) is 48.3 Å². The third-order valence-electron chi connectivity index (χ3n) is 3.64. The molecule has 0 bridgehead atoms. The average Bonchev–Trinajstić information content (AvgIpc) is 2.89. The van der Waals surface area contributed by atoms with Gasteiger partial charge in [0.15, 0.2) is 5.82 Å². The van der Waals surface area contributed by atoms with Gasteiger partial charge in [0.05, 0.1) is 6.04 Å². The lowest BCUT2D eigenvalue weighted by molar-refractivity contribution is -0.119. The molecule has 0 unspecified atom stereocenters. The monoisotopic (exact) mass is 295 g/mol. The number of aromatic nitrogens is 3. The first-order chi connectivity index (χ1) is 10.5. The maximum absolute atomic E-state index is 11.0. The van der Waals surface area contributed by atoms with E-state index in [0.29, 0.717) is 12.2 Å². The third-order valence-corrected chi connectivity index (χ3v) is 3.64. The van der Waals surface area contributed by atoms with Crippen LogP contribution in [0.25, 0.3) is 22.4 Å². The second-order valence-electron chi connectivity index (χ2n) is 5.31. The van der Waals surface area contributed by atoms with E-state index >= 15 is 0 Å². The molecule has 0 fully saturated rings. The smallest absolute Gasteiger partial charge is 0.234 e. The van der Waals surface area contributed by atoms with E-state index in [1.807, 2.05) is 54.3 Å². The second kappa shape index (κ2) is 5.57. The Hall–Kier alpha value is -2.73. The Morgan fingerprint density at radius 3 is 2.68 bits per heavy atom. The lowest BCUT2D eigenvalue weighted by Crippen LogP contribution is -2.38. The summed E-state index contributed by atoms with van der Waals surface area (Å²) in [7, 11) is 1.95. The maximum Gasteiger partial charge on any atom is 0.234 e. The number of fused-ring (bicyclic) bond motifs is 1. The fourth-order valence-corrected chi connectivity index (χ4v) is 2.33. The van der Waals surface area contributed by atoms with Gasteiger partial charge >= 0.3 is 0 Å². The summed E-state index contributed by atoms with van der Waals surface area (Å²) < 4.78 is 1.96. The van der Waals surface area contributed by atoms with Gasteiger partial charge in [-0.2, -0.15) is 0 Å². The molecule has 0 aliphatic carbocycles. The van der Waals surface area contributed by atoms with Gasteiger partial charge in [-0.15, -0.1) is 0 Å². The molecular weight excluding hydrogens is 278 g/mol. The minimum absolute atomic E-state index is 0.424. The molecule has 0 aliphatic heterocycles. The van der Waals surface area contributed by atoms with Crippen LogP contribution in [0.4, 0.5) is 0 Å². The molecule has 2 heterocycles. The van der Waals surface area contributed by atoms with E-state index in [2.05, 4.69) is 9.97 Å². The SMILES string of the molecule is Cn1ccc2cnc(-c3ccc(C[C@H](N)C(N)=O)cc3)nc21. The summed E-state index contributed by atoms with van der Waals surface area (Å²) in [6, 6.07) is 8.99. The number of rotatable bonds is 4. The van der Waals surface area contributed by atoms with Crippen LogP contribution in [0, 0.1) is 0 Å². The van der Waals surface area contributed by atoms with Gasteiger partial charge in [0.25, 0.3) is 0 Å². The van der Waals surface area contributed by atoms with Crippen molar-refractivity contribution in [1.29, 1.82) is 0 Å². The predicted octanol–water partition coefficient (Wildman–Crippen LogP) is 0.990. The van der Waals surface area contributed by atoms with Crippen LogP contribution in [-0.2, 0) is 18.3 Å². The summed E-state index contributed by atoms with van der Waals surface area (Å²) in [6.45, 7) is 0. The van der Waals surface area contributed by atoms with Crippen molar-refractivity contribution in [1.82, 2.24) is 14.5 Å². The molecular formula is C16H17N5O. The lowest BCUT2D eigenvalue weighted by Gasteiger charge is -2.08. The van der Waals surface area contributed by atoms with Crippen molar-refractivity contribution in [3.8, 4) is 11.4 Å². The van der Waals surface area contributed by atoms with Crippen molar-refractivity contribution in [3.63, 3.8) is 0 Å². The molecule has 0 saturated heterocycles. The predicted molar refractivity (Wildman–Crippen MR) is 84.8 cm³/mol. The quantitative estimate of drug-likeness (QED) is 0.749. The summed E-state index contributed by atoms with van der Waals surface area (Å²) >= 11 is 0. The van der Waals surface area contributed by atoms with E-state index in [-0.39, 0.29) is 0 Å². The topological polar surface area (TPSA) is 99.8 Å². The summed E-state index contributed by atoms with van der Waals surface area (Å²) in [5.74, 6) is 0.168. The molecule has 0 aliphatic rings. The van der Waals surface area contributed by atoms with Crippen LogP contribution in [0.1, 0.15) is 5.56 Å². The number of nitrogens with two attached hydrogens (primary N) is 2. The Balaban J connectivity index is 1.87. The van der Waals surface area contributed by atoms with Crippen LogP contribution in [0.3, 0.4) is 0 Å². The zero-order valence-corrected chi connectivity index (χ0v) is 12.2. The number of benzene rings is 1. The number of carbonyl (C=O) groups is 1.